The summed E-state index contributed by atoms with van der Waals surface area (Å²) in [7, 11) is 0. The molecule has 0 bridgehead atoms. The molecule has 2 amide bonds. The summed E-state index contributed by atoms with van der Waals surface area (Å²) in [5, 5.41) is 0. The summed E-state index contributed by atoms with van der Waals surface area (Å²) in [6.45, 7) is 9.72. The first-order valence-electron chi connectivity index (χ1n) is 7.95. The van der Waals surface area contributed by atoms with Gasteiger partial charge in [0.2, 0.25) is 11.8 Å². The van der Waals surface area contributed by atoms with Gasteiger partial charge in [-0.2, -0.15) is 0 Å². The Hall–Kier alpha value is -1.06. The third kappa shape index (κ3) is 2.99. The predicted molar refractivity (Wildman–Crippen MR) is 79.2 cm³/mol. The Kier molecular flexibility index (Phi) is 4.40. The molecule has 2 atom stereocenters. The standard InChI is InChI=1S/C16H28N2O2/c1-5-13-8-6-7-9-17(13)15(20)12-10-14(19)18(11-12)16(2,3)4/h12-13H,5-11H2,1-4H3. The van der Waals surface area contributed by atoms with E-state index in [1.165, 1.54) is 6.42 Å². The van der Waals surface area contributed by atoms with Crippen LogP contribution in [0.5, 0.6) is 0 Å². The van der Waals surface area contributed by atoms with E-state index in [9.17, 15) is 9.59 Å². The van der Waals surface area contributed by atoms with Crippen molar-refractivity contribution in [1.29, 1.82) is 0 Å². The first-order chi connectivity index (χ1) is 9.34. The van der Waals surface area contributed by atoms with E-state index in [-0.39, 0.29) is 23.3 Å². The molecule has 4 nitrogen and oxygen atoms in total. The molecule has 0 N–H and O–H groups in total. The molecule has 2 rings (SSSR count). The molecule has 2 saturated heterocycles. The highest BCUT2D eigenvalue weighted by Gasteiger charge is 2.42. The number of hydrogen-bond acceptors (Lipinski definition) is 2. The van der Waals surface area contributed by atoms with Crippen molar-refractivity contribution in [2.75, 3.05) is 13.1 Å². The average Bonchev–Trinajstić information content (AvgIpc) is 2.80. The summed E-state index contributed by atoms with van der Waals surface area (Å²) in [6.07, 6.45) is 4.86. The molecule has 2 heterocycles. The Morgan fingerprint density at radius 2 is 2.00 bits per heavy atom. The van der Waals surface area contributed by atoms with E-state index in [1.807, 2.05) is 30.6 Å². The van der Waals surface area contributed by atoms with E-state index in [0.29, 0.717) is 19.0 Å². The zero-order chi connectivity index (χ0) is 14.9. The number of carbonyl (C=O) groups excluding carboxylic acids is 2. The Balaban J connectivity index is 2.05. The van der Waals surface area contributed by atoms with Crippen LogP contribution >= 0.6 is 0 Å². The summed E-state index contributed by atoms with van der Waals surface area (Å²) in [6, 6.07) is 0.384. The quantitative estimate of drug-likeness (QED) is 0.779. The van der Waals surface area contributed by atoms with E-state index in [2.05, 4.69) is 6.92 Å². The lowest BCUT2D eigenvalue weighted by Crippen LogP contribution is -2.47. The number of rotatable bonds is 2. The normalized spacial score (nSPS) is 28.1. The average molecular weight is 280 g/mol. The van der Waals surface area contributed by atoms with Gasteiger partial charge in [0.1, 0.15) is 0 Å². The predicted octanol–water partition coefficient (Wildman–Crippen LogP) is 2.42. The molecule has 0 aromatic rings. The lowest BCUT2D eigenvalue weighted by atomic mass is 9.97. The van der Waals surface area contributed by atoms with Crippen molar-refractivity contribution in [2.45, 2.75) is 71.4 Å². The Morgan fingerprint density at radius 1 is 1.30 bits per heavy atom. The summed E-state index contributed by atoms with van der Waals surface area (Å²) >= 11 is 0. The molecule has 0 aliphatic carbocycles. The highest BCUT2D eigenvalue weighted by molar-refractivity contribution is 5.89. The van der Waals surface area contributed by atoms with Crippen LogP contribution in [0.25, 0.3) is 0 Å². The van der Waals surface area contributed by atoms with Gasteiger partial charge in [0.25, 0.3) is 0 Å². The lowest BCUT2D eigenvalue weighted by molar-refractivity contribution is -0.139. The fourth-order valence-corrected chi connectivity index (χ4v) is 3.47. The first kappa shape index (κ1) is 15.3. The van der Waals surface area contributed by atoms with Crippen molar-refractivity contribution in [1.82, 2.24) is 9.80 Å². The van der Waals surface area contributed by atoms with Crippen LogP contribution in [-0.4, -0.2) is 46.3 Å². The highest BCUT2D eigenvalue weighted by atomic mass is 16.2. The van der Waals surface area contributed by atoms with Crippen LogP contribution in [-0.2, 0) is 9.59 Å². The molecule has 0 saturated carbocycles. The summed E-state index contributed by atoms with van der Waals surface area (Å²) in [5.41, 5.74) is -0.182. The van der Waals surface area contributed by atoms with Gasteiger partial charge in [0.15, 0.2) is 0 Å². The molecular weight excluding hydrogens is 252 g/mol. The summed E-state index contributed by atoms with van der Waals surface area (Å²) in [5.74, 6) is 0.200. The van der Waals surface area contributed by atoms with E-state index < -0.39 is 0 Å². The molecule has 2 aliphatic rings. The maximum absolute atomic E-state index is 12.7. The van der Waals surface area contributed by atoms with Gasteiger partial charge >= 0.3 is 0 Å². The SMILES string of the molecule is CCC1CCCCN1C(=O)C1CC(=O)N(C(C)(C)C)C1. The Labute approximate surface area is 122 Å². The van der Waals surface area contributed by atoms with Gasteiger partial charge in [0, 0.05) is 31.1 Å². The van der Waals surface area contributed by atoms with E-state index in [4.69, 9.17) is 0 Å². The van der Waals surface area contributed by atoms with Gasteiger partial charge in [0.05, 0.1) is 5.92 Å². The van der Waals surface area contributed by atoms with Crippen LogP contribution in [0.4, 0.5) is 0 Å². The van der Waals surface area contributed by atoms with Crippen LogP contribution in [0.2, 0.25) is 0 Å². The van der Waals surface area contributed by atoms with Crippen molar-refractivity contribution < 1.29 is 9.59 Å². The van der Waals surface area contributed by atoms with Crippen molar-refractivity contribution in [3.63, 3.8) is 0 Å². The van der Waals surface area contributed by atoms with E-state index in [1.54, 1.807) is 0 Å². The Morgan fingerprint density at radius 3 is 2.55 bits per heavy atom. The maximum atomic E-state index is 12.7. The summed E-state index contributed by atoms with van der Waals surface area (Å²) in [4.78, 5) is 28.8. The van der Waals surface area contributed by atoms with Crippen molar-refractivity contribution in [2.24, 2.45) is 5.92 Å². The second-order valence-corrected chi connectivity index (χ2v) is 7.17. The zero-order valence-corrected chi connectivity index (χ0v) is 13.3. The van der Waals surface area contributed by atoms with Crippen LogP contribution < -0.4 is 0 Å². The highest BCUT2D eigenvalue weighted by Crippen LogP contribution is 2.29. The number of likely N-dealkylation sites (tertiary alicyclic amines) is 2. The van der Waals surface area contributed by atoms with Crippen LogP contribution in [0.1, 0.15) is 59.8 Å². The van der Waals surface area contributed by atoms with E-state index in [0.717, 1.165) is 25.8 Å². The first-order valence-corrected chi connectivity index (χ1v) is 7.95. The number of hydrogen-bond donors (Lipinski definition) is 0. The largest absolute Gasteiger partial charge is 0.339 e. The minimum atomic E-state index is -0.182. The van der Waals surface area contributed by atoms with Crippen molar-refractivity contribution in [3.05, 3.63) is 0 Å². The molecule has 0 aromatic heterocycles. The molecule has 0 spiro atoms. The third-order valence-corrected chi connectivity index (χ3v) is 4.67. The monoisotopic (exact) mass is 280 g/mol. The summed E-state index contributed by atoms with van der Waals surface area (Å²) < 4.78 is 0. The molecule has 0 radical (unpaired) electrons. The second kappa shape index (κ2) is 5.74. The van der Waals surface area contributed by atoms with E-state index >= 15 is 0 Å². The number of carbonyl (C=O) groups is 2. The minimum Gasteiger partial charge on any atom is -0.339 e. The fourth-order valence-electron chi connectivity index (χ4n) is 3.47. The molecule has 2 unspecified atom stereocenters. The number of nitrogens with zero attached hydrogens (tertiary/aromatic N) is 2. The van der Waals surface area contributed by atoms with Crippen LogP contribution in [0.3, 0.4) is 0 Å². The van der Waals surface area contributed by atoms with Gasteiger partial charge < -0.3 is 9.80 Å². The van der Waals surface area contributed by atoms with Gasteiger partial charge in [-0.3, -0.25) is 9.59 Å². The molecule has 0 aromatic carbocycles. The maximum Gasteiger partial charge on any atom is 0.228 e. The topological polar surface area (TPSA) is 40.6 Å². The molecule has 20 heavy (non-hydrogen) atoms. The van der Waals surface area contributed by atoms with Gasteiger partial charge in [-0.1, -0.05) is 6.92 Å². The van der Waals surface area contributed by atoms with Gasteiger partial charge in [-0.15, -0.1) is 0 Å². The molecule has 4 heteroatoms. The molecule has 2 fully saturated rings. The third-order valence-electron chi connectivity index (χ3n) is 4.67. The van der Waals surface area contributed by atoms with Gasteiger partial charge in [-0.25, -0.2) is 0 Å². The van der Waals surface area contributed by atoms with Crippen molar-refractivity contribution >= 4 is 11.8 Å². The smallest absolute Gasteiger partial charge is 0.228 e. The molecule has 114 valence electrons. The van der Waals surface area contributed by atoms with Gasteiger partial charge in [-0.05, 0) is 46.5 Å². The second-order valence-electron chi connectivity index (χ2n) is 7.17. The van der Waals surface area contributed by atoms with Crippen LogP contribution in [0.15, 0.2) is 0 Å². The molecule has 2 aliphatic heterocycles. The minimum absolute atomic E-state index is 0.126. The number of piperidine rings is 1. The molecular formula is C16H28N2O2. The Bertz CT molecular complexity index is 386. The lowest BCUT2D eigenvalue weighted by Gasteiger charge is -2.37. The van der Waals surface area contributed by atoms with Crippen molar-refractivity contribution in [3.8, 4) is 0 Å². The number of amides is 2. The van der Waals surface area contributed by atoms with Crippen LogP contribution in [0, 0.1) is 5.92 Å². The fraction of sp³-hybridized carbons (Fsp3) is 0.875. The zero-order valence-electron chi connectivity index (χ0n) is 13.3.